The van der Waals surface area contributed by atoms with Gasteiger partial charge in [0, 0.05) is 45.8 Å². The van der Waals surface area contributed by atoms with Crippen LogP contribution in [0.2, 0.25) is 0 Å². The molecule has 198 valence electrons. The van der Waals surface area contributed by atoms with Gasteiger partial charge in [-0.15, -0.1) is 0 Å². The highest BCUT2D eigenvalue weighted by molar-refractivity contribution is 6.14. The van der Waals surface area contributed by atoms with Gasteiger partial charge in [0.15, 0.2) is 0 Å². The van der Waals surface area contributed by atoms with E-state index in [-0.39, 0.29) is 0 Å². The monoisotopic (exact) mass is 536 g/mol. The Balaban J connectivity index is 1.81. The average Bonchev–Trinajstić information content (AvgIpc) is 3.09. The molecular weight excluding hydrogens is 508 g/mol. The summed E-state index contributed by atoms with van der Waals surface area (Å²) in [5.41, 5.74) is 13.1. The second-order valence-corrected chi connectivity index (χ2v) is 10.1. The van der Waals surface area contributed by atoms with Gasteiger partial charge in [-0.2, -0.15) is 0 Å². The van der Waals surface area contributed by atoms with Crippen LogP contribution in [0.3, 0.4) is 0 Å². The van der Waals surface area contributed by atoms with Crippen LogP contribution >= 0.6 is 0 Å². The van der Waals surface area contributed by atoms with Crippen molar-refractivity contribution >= 4 is 0 Å². The van der Waals surface area contributed by atoms with Crippen molar-refractivity contribution in [3.63, 3.8) is 0 Å². The number of benzene rings is 5. The van der Waals surface area contributed by atoms with E-state index in [1.165, 1.54) is 0 Å². The predicted molar refractivity (Wildman–Crippen MR) is 175 cm³/mol. The molecule has 0 bridgehead atoms. The number of rotatable bonds is 6. The Bertz CT molecular complexity index is 1520. The van der Waals surface area contributed by atoms with Gasteiger partial charge in [0.1, 0.15) is 0 Å². The summed E-state index contributed by atoms with van der Waals surface area (Å²) in [5.74, 6) is 0. The summed E-state index contributed by atoms with van der Waals surface area (Å²) in [6, 6.07) is 55.1. The van der Waals surface area contributed by atoms with Gasteiger partial charge in [0.25, 0.3) is 0 Å². The largest absolute Gasteiger partial charge is 0.256 e. The lowest BCUT2D eigenvalue weighted by molar-refractivity contribution is 1.31. The van der Waals surface area contributed by atoms with Gasteiger partial charge in [0.05, 0.1) is 11.4 Å². The SMILES string of the molecule is c1ccc(-c2c(-c3ccccc3)c(-c3ccccn3)c(-c3ccccc3)c(-c3ccccc3)c2-c2ccccn2)cc1. The van der Waals surface area contributed by atoms with Gasteiger partial charge in [-0.25, -0.2) is 0 Å². The molecule has 0 saturated carbocycles. The van der Waals surface area contributed by atoms with E-state index in [4.69, 9.17) is 9.97 Å². The quantitative estimate of drug-likeness (QED) is 0.211. The number of hydrogen-bond donors (Lipinski definition) is 0. The number of nitrogens with zero attached hydrogens (tertiary/aromatic N) is 2. The van der Waals surface area contributed by atoms with Crippen LogP contribution in [-0.2, 0) is 0 Å². The molecule has 2 nitrogen and oxygen atoms in total. The van der Waals surface area contributed by atoms with E-state index in [9.17, 15) is 0 Å². The van der Waals surface area contributed by atoms with Gasteiger partial charge < -0.3 is 0 Å². The highest BCUT2D eigenvalue weighted by Gasteiger charge is 2.29. The predicted octanol–water partition coefficient (Wildman–Crippen LogP) is 10.5. The lowest BCUT2D eigenvalue weighted by Gasteiger charge is -2.28. The molecule has 2 aromatic heterocycles. The first kappa shape index (κ1) is 25.4. The van der Waals surface area contributed by atoms with Gasteiger partial charge in [-0.3, -0.25) is 9.97 Å². The zero-order chi connectivity index (χ0) is 28.1. The highest BCUT2D eigenvalue weighted by Crippen LogP contribution is 2.55. The second-order valence-electron chi connectivity index (χ2n) is 10.1. The third-order valence-corrected chi connectivity index (χ3v) is 7.59. The van der Waals surface area contributed by atoms with Crippen LogP contribution in [0.25, 0.3) is 67.0 Å². The van der Waals surface area contributed by atoms with Gasteiger partial charge >= 0.3 is 0 Å². The molecule has 2 heterocycles. The third kappa shape index (κ3) is 4.70. The molecule has 42 heavy (non-hydrogen) atoms. The maximum absolute atomic E-state index is 4.98. The molecule has 0 aliphatic rings. The fourth-order valence-electron chi connectivity index (χ4n) is 5.86. The zero-order valence-corrected chi connectivity index (χ0v) is 23.1. The molecule has 5 aromatic carbocycles. The molecular formula is C40H28N2. The minimum Gasteiger partial charge on any atom is -0.256 e. The summed E-state index contributed by atoms with van der Waals surface area (Å²) >= 11 is 0. The van der Waals surface area contributed by atoms with Crippen LogP contribution in [0.4, 0.5) is 0 Å². The van der Waals surface area contributed by atoms with E-state index in [2.05, 4.69) is 146 Å². The van der Waals surface area contributed by atoms with E-state index in [1.807, 2.05) is 24.5 Å². The lowest BCUT2D eigenvalue weighted by Crippen LogP contribution is -2.03. The van der Waals surface area contributed by atoms with E-state index in [0.29, 0.717) is 0 Å². The molecule has 7 rings (SSSR count). The molecule has 7 aromatic rings. The fourth-order valence-corrected chi connectivity index (χ4v) is 5.86. The van der Waals surface area contributed by atoms with E-state index in [1.54, 1.807) is 0 Å². The highest BCUT2D eigenvalue weighted by atomic mass is 14.7. The summed E-state index contributed by atoms with van der Waals surface area (Å²) in [6.07, 6.45) is 3.77. The van der Waals surface area contributed by atoms with Crippen LogP contribution in [0.5, 0.6) is 0 Å². The van der Waals surface area contributed by atoms with Crippen molar-refractivity contribution in [1.29, 1.82) is 0 Å². The lowest BCUT2D eigenvalue weighted by atomic mass is 9.75. The first-order valence-corrected chi connectivity index (χ1v) is 14.2. The Morgan fingerprint density at radius 3 is 0.738 bits per heavy atom. The van der Waals surface area contributed by atoms with Crippen molar-refractivity contribution in [3.05, 3.63) is 170 Å². The third-order valence-electron chi connectivity index (χ3n) is 7.59. The summed E-state index contributed by atoms with van der Waals surface area (Å²) in [4.78, 5) is 9.96. The summed E-state index contributed by atoms with van der Waals surface area (Å²) < 4.78 is 0. The molecule has 0 amide bonds. The first-order chi connectivity index (χ1) is 20.9. The Morgan fingerprint density at radius 1 is 0.238 bits per heavy atom. The smallest absolute Gasteiger partial charge is 0.0714 e. The maximum atomic E-state index is 4.98. The van der Waals surface area contributed by atoms with Gasteiger partial charge in [-0.1, -0.05) is 133 Å². The van der Waals surface area contributed by atoms with Crippen LogP contribution in [-0.4, -0.2) is 9.97 Å². The summed E-state index contributed by atoms with van der Waals surface area (Å²) in [7, 11) is 0. The second kappa shape index (κ2) is 11.5. The van der Waals surface area contributed by atoms with Crippen LogP contribution in [0, 0.1) is 0 Å². The molecule has 0 aliphatic heterocycles. The normalized spacial score (nSPS) is 10.9. The van der Waals surface area contributed by atoms with Crippen molar-refractivity contribution in [3.8, 4) is 67.0 Å². The van der Waals surface area contributed by atoms with E-state index < -0.39 is 0 Å². The molecule has 0 radical (unpaired) electrons. The Kier molecular flexibility index (Phi) is 6.94. The van der Waals surface area contributed by atoms with Crippen LogP contribution < -0.4 is 0 Å². The fraction of sp³-hybridized carbons (Fsp3) is 0. The Morgan fingerprint density at radius 2 is 0.500 bits per heavy atom. The number of pyridine rings is 2. The van der Waals surface area contributed by atoms with Crippen molar-refractivity contribution in [1.82, 2.24) is 9.97 Å². The summed E-state index contributed by atoms with van der Waals surface area (Å²) in [5, 5.41) is 0. The molecule has 0 N–H and O–H groups in total. The molecule has 0 fully saturated rings. The van der Waals surface area contributed by atoms with Crippen molar-refractivity contribution in [2.45, 2.75) is 0 Å². The topological polar surface area (TPSA) is 25.8 Å². The summed E-state index contributed by atoms with van der Waals surface area (Å²) in [6.45, 7) is 0. The number of hydrogen-bond acceptors (Lipinski definition) is 2. The maximum Gasteiger partial charge on any atom is 0.0714 e. The average molecular weight is 537 g/mol. The van der Waals surface area contributed by atoms with E-state index >= 15 is 0 Å². The Labute approximate surface area is 246 Å². The Hall–Kier alpha value is -5.60. The van der Waals surface area contributed by atoms with Crippen molar-refractivity contribution in [2.75, 3.05) is 0 Å². The molecule has 0 unspecified atom stereocenters. The van der Waals surface area contributed by atoms with E-state index in [0.717, 1.165) is 67.0 Å². The number of aromatic nitrogens is 2. The van der Waals surface area contributed by atoms with Crippen molar-refractivity contribution in [2.24, 2.45) is 0 Å². The first-order valence-electron chi connectivity index (χ1n) is 14.2. The molecule has 0 aliphatic carbocycles. The standard InChI is InChI=1S/C40H28N2/c1-5-17-29(18-6-1)35-36(30-19-7-2-8-20-30)40(34-26-14-16-28-42-34)38(32-23-11-4-12-24-32)37(31-21-9-3-10-22-31)39(35)33-25-13-15-27-41-33/h1-28H. The van der Waals surface area contributed by atoms with Crippen LogP contribution in [0.15, 0.2) is 170 Å². The van der Waals surface area contributed by atoms with Crippen LogP contribution in [0.1, 0.15) is 0 Å². The minimum atomic E-state index is 0.928. The molecule has 2 heteroatoms. The minimum absolute atomic E-state index is 0.928. The van der Waals surface area contributed by atoms with Crippen molar-refractivity contribution < 1.29 is 0 Å². The van der Waals surface area contributed by atoms with Gasteiger partial charge in [0.2, 0.25) is 0 Å². The molecule has 0 spiro atoms. The molecule has 0 saturated heterocycles. The molecule has 0 atom stereocenters. The van der Waals surface area contributed by atoms with Gasteiger partial charge in [-0.05, 0) is 46.5 Å². The zero-order valence-electron chi connectivity index (χ0n) is 23.1.